The second-order valence-corrected chi connectivity index (χ2v) is 8.19. The van der Waals surface area contributed by atoms with Crippen molar-refractivity contribution in [2.45, 2.75) is 25.7 Å². The fourth-order valence-electron chi connectivity index (χ4n) is 3.75. The standard InChI is InChI=1S/C23H25N3O3S/c1-29-20-10-9-17(14-19(20)26-13-5-4-8-22(26)27)25-23(28)24-12-11-16-15-30-21-7-3-2-6-18(16)21/h2-3,6-7,9-10,14-15H,4-5,8,11-13H2,1H3,(H2,24,25,28). The first-order valence-corrected chi connectivity index (χ1v) is 11.0. The van der Waals surface area contributed by atoms with E-state index >= 15 is 0 Å². The van der Waals surface area contributed by atoms with Gasteiger partial charge in [0, 0.05) is 29.9 Å². The third-order valence-corrected chi connectivity index (χ3v) is 6.30. The van der Waals surface area contributed by atoms with Gasteiger partial charge in [-0.2, -0.15) is 0 Å². The lowest BCUT2D eigenvalue weighted by atomic mass is 10.1. The zero-order chi connectivity index (χ0) is 20.9. The number of urea groups is 1. The summed E-state index contributed by atoms with van der Waals surface area (Å²) in [5, 5.41) is 9.17. The van der Waals surface area contributed by atoms with Gasteiger partial charge in [0.1, 0.15) is 5.75 Å². The van der Waals surface area contributed by atoms with Crippen molar-refractivity contribution in [1.29, 1.82) is 0 Å². The zero-order valence-electron chi connectivity index (χ0n) is 16.9. The molecule has 0 saturated carbocycles. The Kier molecular flexibility index (Phi) is 6.18. The first-order chi connectivity index (χ1) is 14.7. The summed E-state index contributed by atoms with van der Waals surface area (Å²) in [7, 11) is 1.58. The molecule has 7 heteroatoms. The fourth-order valence-corrected chi connectivity index (χ4v) is 4.75. The molecule has 1 aromatic heterocycles. The smallest absolute Gasteiger partial charge is 0.319 e. The van der Waals surface area contributed by atoms with Crippen LogP contribution in [0.2, 0.25) is 0 Å². The molecule has 3 aromatic rings. The minimum Gasteiger partial charge on any atom is -0.495 e. The van der Waals surface area contributed by atoms with Crippen molar-refractivity contribution < 1.29 is 14.3 Å². The van der Waals surface area contributed by atoms with Crippen molar-refractivity contribution >= 4 is 44.7 Å². The highest BCUT2D eigenvalue weighted by molar-refractivity contribution is 7.17. The number of thiophene rings is 1. The Balaban J connectivity index is 1.38. The number of methoxy groups -OCH3 is 1. The number of ether oxygens (including phenoxy) is 1. The van der Waals surface area contributed by atoms with E-state index < -0.39 is 0 Å². The Morgan fingerprint density at radius 3 is 2.90 bits per heavy atom. The molecule has 30 heavy (non-hydrogen) atoms. The average Bonchev–Trinajstić information content (AvgIpc) is 3.17. The summed E-state index contributed by atoms with van der Waals surface area (Å²) in [6, 6.07) is 13.4. The van der Waals surface area contributed by atoms with Crippen LogP contribution in [0.25, 0.3) is 10.1 Å². The van der Waals surface area contributed by atoms with E-state index in [0.29, 0.717) is 36.6 Å². The molecule has 6 nitrogen and oxygen atoms in total. The Morgan fingerprint density at radius 2 is 2.07 bits per heavy atom. The topological polar surface area (TPSA) is 70.7 Å². The fraction of sp³-hybridized carbons (Fsp3) is 0.304. The van der Waals surface area contributed by atoms with Gasteiger partial charge < -0.3 is 20.3 Å². The first kappa shape index (κ1) is 20.2. The van der Waals surface area contributed by atoms with Gasteiger partial charge in [-0.15, -0.1) is 11.3 Å². The van der Waals surface area contributed by atoms with Crippen LogP contribution < -0.4 is 20.3 Å². The molecule has 1 fully saturated rings. The summed E-state index contributed by atoms with van der Waals surface area (Å²) in [6.45, 7) is 1.21. The highest BCUT2D eigenvalue weighted by Crippen LogP contribution is 2.33. The molecule has 1 saturated heterocycles. The number of nitrogens with one attached hydrogen (secondary N) is 2. The van der Waals surface area contributed by atoms with Crippen LogP contribution in [0.5, 0.6) is 5.75 Å². The van der Waals surface area contributed by atoms with Gasteiger partial charge in [-0.3, -0.25) is 4.79 Å². The van der Waals surface area contributed by atoms with Crippen LogP contribution in [0, 0.1) is 0 Å². The summed E-state index contributed by atoms with van der Waals surface area (Å²) in [6.07, 6.45) is 3.19. The van der Waals surface area contributed by atoms with Crippen LogP contribution in [0.3, 0.4) is 0 Å². The Labute approximate surface area is 179 Å². The minimum absolute atomic E-state index is 0.0872. The zero-order valence-corrected chi connectivity index (χ0v) is 17.8. The summed E-state index contributed by atoms with van der Waals surface area (Å²) in [5.74, 6) is 0.713. The molecule has 156 valence electrons. The van der Waals surface area contributed by atoms with Gasteiger partial charge >= 0.3 is 6.03 Å². The second-order valence-electron chi connectivity index (χ2n) is 7.28. The number of rotatable bonds is 6. The Bertz CT molecular complexity index is 1060. The number of benzene rings is 2. The largest absolute Gasteiger partial charge is 0.495 e. The van der Waals surface area contributed by atoms with Crippen molar-refractivity contribution in [2.24, 2.45) is 0 Å². The number of carbonyl (C=O) groups excluding carboxylic acids is 2. The third-order valence-electron chi connectivity index (χ3n) is 5.29. The molecule has 0 spiro atoms. The molecule has 0 radical (unpaired) electrons. The van der Waals surface area contributed by atoms with Gasteiger partial charge in [-0.05, 0) is 59.9 Å². The number of amides is 3. The monoisotopic (exact) mass is 423 g/mol. The molecule has 1 aliphatic heterocycles. The molecule has 2 N–H and O–H groups in total. The molecule has 4 rings (SSSR count). The van der Waals surface area contributed by atoms with Gasteiger partial charge in [-0.25, -0.2) is 4.79 Å². The van der Waals surface area contributed by atoms with Crippen molar-refractivity contribution in [3.8, 4) is 5.75 Å². The normalized spacial score (nSPS) is 14.0. The van der Waals surface area contributed by atoms with Crippen molar-refractivity contribution in [3.05, 3.63) is 53.4 Å². The van der Waals surface area contributed by atoms with E-state index in [9.17, 15) is 9.59 Å². The van der Waals surface area contributed by atoms with Crippen LogP contribution in [-0.4, -0.2) is 32.1 Å². The first-order valence-electron chi connectivity index (χ1n) is 10.1. The predicted octanol–water partition coefficient (Wildman–Crippen LogP) is 4.79. The molecular formula is C23H25N3O3S. The van der Waals surface area contributed by atoms with Crippen molar-refractivity contribution in [3.63, 3.8) is 0 Å². The molecule has 3 amide bonds. The highest BCUT2D eigenvalue weighted by Gasteiger charge is 2.23. The van der Waals surface area contributed by atoms with Crippen LogP contribution in [0.1, 0.15) is 24.8 Å². The van der Waals surface area contributed by atoms with Crippen LogP contribution >= 0.6 is 11.3 Å². The average molecular weight is 424 g/mol. The number of piperidine rings is 1. The van der Waals surface area contributed by atoms with E-state index in [1.54, 1.807) is 41.5 Å². The van der Waals surface area contributed by atoms with Gasteiger partial charge in [0.15, 0.2) is 0 Å². The van der Waals surface area contributed by atoms with Gasteiger partial charge in [0.25, 0.3) is 0 Å². The molecular weight excluding hydrogens is 398 g/mol. The summed E-state index contributed by atoms with van der Waals surface area (Å²) >= 11 is 1.72. The molecule has 0 unspecified atom stereocenters. The summed E-state index contributed by atoms with van der Waals surface area (Å²) in [5.41, 5.74) is 2.57. The quantitative estimate of drug-likeness (QED) is 0.599. The lowest BCUT2D eigenvalue weighted by molar-refractivity contribution is -0.119. The highest BCUT2D eigenvalue weighted by atomic mass is 32.1. The van der Waals surface area contributed by atoms with Gasteiger partial charge in [0.05, 0.1) is 12.8 Å². The van der Waals surface area contributed by atoms with E-state index in [2.05, 4.69) is 28.1 Å². The minimum atomic E-state index is -0.268. The van der Waals surface area contributed by atoms with Crippen molar-refractivity contribution in [1.82, 2.24) is 5.32 Å². The number of fused-ring (bicyclic) bond motifs is 1. The van der Waals surface area contributed by atoms with E-state index in [1.165, 1.54) is 15.6 Å². The summed E-state index contributed by atoms with van der Waals surface area (Å²) in [4.78, 5) is 26.4. The summed E-state index contributed by atoms with van der Waals surface area (Å²) < 4.78 is 6.69. The lowest BCUT2D eigenvalue weighted by Crippen LogP contribution is -2.35. The van der Waals surface area contributed by atoms with Gasteiger partial charge in [0.2, 0.25) is 5.91 Å². The maximum Gasteiger partial charge on any atom is 0.319 e. The molecule has 0 aliphatic carbocycles. The Hall–Kier alpha value is -3.06. The molecule has 2 heterocycles. The van der Waals surface area contributed by atoms with Crippen LogP contribution in [-0.2, 0) is 11.2 Å². The number of hydrogen-bond acceptors (Lipinski definition) is 4. The van der Waals surface area contributed by atoms with Crippen molar-refractivity contribution in [2.75, 3.05) is 30.4 Å². The van der Waals surface area contributed by atoms with E-state index in [1.807, 2.05) is 12.1 Å². The predicted molar refractivity (Wildman–Crippen MR) is 122 cm³/mol. The lowest BCUT2D eigenvalue weighted by Gasteiger charge is -2.28. The number of nitrogens with zero attached hydrogens (tertiary/aromatic N) is 1. The maximum atomic E-state index is 12.4. The maximum absolute atomic E-state index is 12.4. The number of hydrogen-bond donors (Lipinski definition) is 2. The molecule has 2 aromatic carbocycles. The van der Waals surface area contributed by atoms with Crippen LogP contribution in [0.4, 0.5) is 16.2 Å². The molecule has 0 bridgehead atoms. The SMILES string of the molecule is COc1ccc(NC(=O)NCCc2csc3ccccc23)cc1N1CCCCC1=O. The Morgan fingerprint density at radius 1 is 1.20 bits per heavy atom. The second kappa shape index (κ2) is 9.17. The van der Waals surface area contributed by atoms with E-state index in [4.69, 9.17) is 4.74 Å². The number of carbonyl (C=O) groups is 2. The van der Waals surface area contributed by atoms with Crippen LogP contribution in [0.15, 0.2) is 47.8 Å². The molecule has 1 aliphatic rings. The third kappa shape index (κ3) is 4.41. The van der Waals surface area contributed by atoms with Gasteiger partial charge in [-0.1, -0.05) is 18.2 Å². The van der Waals surface area contributed by atoms with E-state index in [0.717, 1.165) is 19.3 Å². The number of anilines is 2. The van der Waals surface area contributed by atoms with E-state index in [-0.39, 0.29) is 11.9 Å². The molecule has 0 atom stereocenters.